The van der Waals surface area contributed by atoms with E-state index in [4.69, 9.17) is 0 Å². The Hall–Kier alpha value is 0.140. The summed E-state index contributed by atoms with van der Waals surface area (Å²) in [6, 6.07) is 2.29. The van der Waals surface area contributed by atoms with E-state index < -0.39 is 0 Å². The first-order valence-corrected chi connectivity index (χ1v) is 6.35. The van der Waals surface area contributed by atoms with Crippen molar-refractivity contribution in [3.63, 3.8) is 0 Å². The number of nitrogens with one attached hydrogen (secondary N) is 1. The van der Waals surface area contributed by atoms with Crippen molar-refractivity contribution >= 4 is 27.3 Å². The SMILES string of the molecule is Cc1sc(Br)cc1C1CCCNC1. The van der Waals surface area contributed by atoms with Crippen LogP contribution in [0.5, 0.6) is 0 Å². The van der Waals surface area contributed by atoms with E-state index in [-0.39, 0.29) is 0 Å². The molecule has 1 aromatic heterocycles. The van der Waals surface area contributed by atoms with E-state index in [0.717, 1.165) is 12.5 Å². The van der Waals surface area contributed by atoms with Crippen LogP contribution in [-0.2, 0) is 0 Å². The molecule has 2 rings (SSSR count). The predicted octanol–water partition coefficient (Wildman–Crippen LogP) is 3.29. The molecule has 0 radical (unpaired) electrons. The first-order valence-electron chi connectivity index (χ1n) is 4.74. The Morgan fingerprint density at radius 2 is 2.46 bits per heavy atom. The zero-order chi connectivity index (χ0) is 9.26. The fourth-order valence-electron chi connectivity index (χ4n) is 1.98. The highest BCUT2D eigenvalue weighted by molar-refractivity contribution is 9.11. The minimum Gasteiger partial charge on any atom is -0.316 e. The molecule has 2 heterocycles. The molecule has 0 spiro atoms. The third kappa shape index (κ3) is 2.14. The van der Waals surface area contributed by atoms with Crippen molar-refractivity contribution < 1.29 is 0 Å². The summed E-state index contributed by atoms with van der Waals surface area (Å²) in [5, 5.41) is 3.46. The largest absolute Gasteiger partial charge is 0.316 e. The minimum atomic E-state index is 0.747. The van der Waals surface area contributed by atoms with Gasteiger partial charge >= 0.3 is 0 Å². The van der Waals surface area contributed by atoms with E-state index in [1.807, 2.05) is 11.3 Å². The van der Waals surface area contributed by atoms with Crippen LogP contribution in [0.15, 0.2) is 9.85 Å². The number of halogens is 1. The minimum absolute atomic E-state index is 0.747. The Morgan fingerprint density at radius 3 is 3.00 bits per heavy atom. The van der Waals surface area contributed by atoms with E-state index >= 15 is 0 Å². The maximum absolute atomic E-state index is 3.55. The smallest absolute Gasteiger partial charge is 0.0704 e. The van der Waals surface area contributed by atoms with Gasteiger partial charge in [0.1, 0.15) is 0 Å². The topological polar surface area (TPSA) is 12.0 Å². The molecule has 72 valence electrons. The van der Waals surface area contributed by atoms with Crippen molar-refractivity contribution in [2.24, 2.45) is 0 Å². The van der Waals surface area contributed by atoms with Crippen molar-refractivity contribution in [2.45, 2.75) is 25.7 Å². The maximum atomic E-state index is 3.55. The molecule has 1 fully saturated rings. The summed E-state index contributed by atoms with van der Waals surface area (Å²) in [7, 11) is 0. The lowest BCUT2D eigenvalue weighted by atomic mass is 9.92. The monoisotopic (exact) mass is 259 g/mol. The zero-order valence-electron chi connectivity index (χ0n) is 7.77. The van der Waals surface area contributed by atoms with E-state index in [1.165, 1.54) is 28.0 Å². The normalized spacial score (nSPS) is 23.4. The Labute approximate surface area is 91.7 Å². The lowest BCUT2D eigenvalue weighted by Crippen LogP contribution is -2.28. The van der Waals surface area contributed by atoms with Crippen molar-refractivity contribution in [1.29, 1.82) is 0 Å². The van der Waals surface area contributed by atoms with Gasteiger partial charge in [-0.1, -0.05) is 0 Å². The van der Waals surface area contributed by atoms with Crippen molar-refractivity contribution in [3.8, 4) is 0 Å². The number of aryl methyl sites for hydroxylation is 1. The summed E-state index contributed by atoms with van der Waals surface area (Å²) >= 11 is 5.40. The maximum Gasteiger partial charge on any atom is 0.0704 e. The van der Waals surface area contributed by atoms with Crippen LogP contribution in [0.2, 0.25) is 0 Å². The van der Waals surface area contributed by atoms with Crippen LogP contribution in [-0.4, -0.2) is 13.1 Å². The van der Waals surface area contributed by atoms with Crippen LogP contribution in [0.25, 0.3) is 0 Å². The van der Waals surface area contributed by atoms with E-state index in [2.05, 4.69) is 34.2 Å². The van der Waals surface area contributed by atoms with Crippen molar-refractivity contribution in [2.75, 3.05) is 13.1 Å². The fraction of sp³-hybridized carbons (Fsp3) is 0.600. The number of hydrogen-bond donors (Lipinski definition) is 1. The number of thiophene rings is 1. The molecule has 3 heteroatoms. The van der Waals surface area contributed by atoms with Gasteiger partial charge in [0.25, 0.3) is 0 Å². The van der Waals surface area contributed by atoms with Crippen molar-refractivity contribution in [1.82, 2.24) is 5.32 Å². The highest BCUT2D eigenvalue weighted by atomic mass is 79.9. The van der Waals surface area contributed by atoms with Gasteiger partial charge in [0.2, 0.25) is 0 Å². The second-order valence-electron chi connectivity index (χ2n) is 3.61. The van der Waals surface area contributed by atoms with Gasteiger partial charge in [-0.25, -0.2) is 0 Å². The number of rotatable bonds is 1. The highest BCUT2D eigenvalue weighted by Gasteiger charge is 2.18. The van der Waals surface area contributed by atoms with Crippen LogP contribution in [0.3, 0.4) is 0 Å². The average molecular weight is 260 g/mol. The van der Waals surface area contributed by atoms with E-state index in [1.54, 1.807) is 5.56 Å². The Kier molecular flexibility index (Phi) is 3.06. The van der Waals surface area contributed by atoms with Crippen LogP contribution in [0.4, 0.5) is 0 Å². The van der Waals surface area contributed by atoms with Crippen LogP contribution < -0.4 is 5.32 Å². The summed E-state index contributed by atoms with van der Waals surface area (Å²) in [6.07, 6.45) is 2.66. The van der Waals surface area contributed by atoms with E-state index in [9.17, 15) is 0 Å². The number of hydrogen-bond acceptors (Lipinski definition) is 2. The molecule has 0 aliphatic carbocycles. The average Bonchev–Trinajstić information content (AvgIpc) is 2.47. The van der Waals surface area contributed by atoms with Gasteiger partial charge in [-0.15, -0.1) is 11.3 Å². The Balaban J connectivity index is 2.18. The first kappa shape index (κ1) is 9.69. The summed E-state index contributed by atoms with van der Waals surface area (Å²) < 4.78 is 1.27. The molecule has 1 unspecified atom stereocenters. The fourth-order valence-corrected chi connectivity index (χ4v) is 3.78. The molecular weight excluding hydrogens is 246 g/mol. The summed E-state index contributed by atoms with van der Waals surface area (Å²) in [6.45, 7) is 4.57. The van der Waals surface area contributed by atoms with Gasteiger partial charge < -0.3 is 5.32 Å². The van der Waals surface area contributed by atoms with Crippen LogP contribution in [0, 0.1) is 6.92 Å². The lowest BCUT2D eigenvalue weighted by molar-refractivity contribution is 0.461. The molecule has 13 heavy (non-hydrogen) atoms. The predicted molar refractivity (Wildman–Crippen MR) is 61.6 cm³/mol. The van der Waals surface area contributed by atoms with E-state index in [0.29, 0.717) is 0 Å². The molecule has 1 atom stereocenters. The van der Waals surface area contributed by atoms with Crippen molar-refractivity contribution in [3.05, 3.63) is 20.3 Å². The number of piperidine rings is 1. The Morgan fingerprint density at radius 1 is 1.62 bits per heavy atom. The van der Waals surface area contributed by atoms with Gasteiger partial charge in [0, 0.05) is 11.4 Å². The first-order chi connectivity index (χ1) is 6.27. The van der Waals surface area contributed by atoms with Gasteiger partial charge in [0.05, 0.1) is 3.79 Å². The molecule has 1 aliphatic rings. The molecule has 0 amide bonds. The summed E-state index contributed by atoms with van der Waals surface area (Å²) in [5.41, 5.74) is 1.55. The molecule has 1 N–H and O–H groups in total. The van der Waals surface area contributed by atoms with Gasteiger partial charge in [-0.2, -0.15) is 0 Å². The second-order valence-corrected chi connectivity index (χ2v) is 6.24. The quantitative estimate of drug-likeness (QED) is 0.817. The molecular formula is C10H14BrNS. The second kappa shape index (κ2) is 4.11. The molecule has 0 aromatic carbocycles. The molecule has 1 nitrogen and oxygen atoms in total. The summed E-state index contributed by atoms with van der Waals surface area (Å²) in [5.74, 6) is 0.747. The highest BCUT2D eigenvalue weighted by Crippen LogP contribution is 2.34. The Bertz CT molecular complexity index is 289. The lowest BCUT2D eigenvalue weighted by Gasteiger charge is -2.22. The molecule has 1 aliphatic heterocycles. The standard InChI is InChI=1S/C10H14BrNS/c1-7-9(5-10(11)13-7)8-3-2-4-12-6-8/h5,8,12H,2-4,6H2,1H3. The zero-order valence-corrected chi connectivity index (χ0v) is 10.2. The third-order valence-electron chi connectivity index (χ3n) is 2.66. The molecule has 0 saturated carbocycles. The van der Waals surface area contributed by atoms with Gasteiger partial charge in [0.15, 0.2) is 0 Å². The van der Waals surface area contributed by atoms with Crippen LogP contribution >= 0.6 is 27.3 Å². The van der Waals surface area contributed by atoms with Gasteiger partial charge in [-0.3, -0.25) is 0 Å². The third-order valence-corrected chi connectivity index (χ3v) is 4.23. The van der Waals surface area contributed by atoms with Gasteiger partial charge in [-0.05, 0) is 59.8 Å². The van der Waals surface area contributed by atoms with Crippen LogP contribution in [0.1, 0.15) is 29.2 Å². The molecule has 1 saturated heterocycles. The molecule has 1 aromatic rings. The molecule has 0 bridgehead atoms. The summed E-state index contributed by atoms with van der Waals surface area (Å²) in [4.78, 5) is 1.47.